The van der Waals surface area contributed by atoms with Crippen molar-refractivity contribution >= 4 is 43.5 Å². The van der Waals surface area contributed by atoms with Gasteiger partial charge in [-0.15, -0.1) is 0 Å². The predicted molar refractivity (Wildman–Crippen MR) is 190 cm³/mol. The number of para-hydroxylation sites is 2. The molecule has 9 aromatic rings. The molecule has 0 unspecified atom stereocenters. The van der Waals surface area contributed by atoms with Gasteiger partial charge in [0, 0.05) is 16.3 Å². The van der Waals surface area contributed by atoms with Gasteiger partial charge in [0.1, 0.15) is 11.2 Å². The Balaban J connectivity index is 1.24. The molecule has 210 valence electrons. The number of hydrogen-bond donors (Lipinski definition) is 0. The lowest BCUT2D eigenvalue weighted by Crippen LogP contribution is -1.91. The molecule has 45 heavy (non-hydrogen) atoms. The van der Waals surface area contributed by atoms with E-state index in [-0.39, 0.29) is 0 Å². The largest absolute Gasteiger partial charge is 0.455 e. The van der Waals surface area contributed by atoms with Crippen molar-refractivity contribution in [3.05, 3.63) is 170 Å². The molecule has 0 bridgehead atoms. The molecule has 0 aliphatic heterocycles. The smallest absolute Gasteiger partial charge is 0.143 e. The summed E-state index contributed by atoms with van der Waals surface area (Å²) >= 11 is 0. The van der Waals surface area contributed by atoms with Gasteiger partial charge < -0.3 is 4.42 Å². The van der Waals surface area contributed by atoms with Gasteiger partial charge in [0.05, 0.1) is 0 Å². The lowest BCUT2D eigenvalue weighted by molar-refractivity contribution is 0.670. The SMILES string of the molecule is c1ccc(-c2c3ccccc3c(-c3ccccc3)c3cc(-c4ccc(-c5cccc6c5oc5ccccc56)cc4)ccc23)cc1. The zero-order valence-corrected chi connectivity index (χ0v) is 24.6. The van der Waals surface area contributed by atoms with Gasteiger partial charge in [0.25, 0.3) is 0 Å². The van der Waals surface area contributed by atoms with Gasteiger partial charge >= 0.3 is 0 Å². The zero-order valence-electron chi connectivity index (χ0n) is 24.6. The van der Waals surface area contributed by atoms with Crippen LogP contribution >= 0.6 is 0 Å². The summed E-state index contributed by atoms with van der Waals surface area (Å²) in [7, 11) is 0. The Morgan fingerprint density at radius 3 is 1.49 bits per heavy atom. The molecule has 1 aromatic heterocycles. The standard InChI is InChI=1S/C44H28O/c1-3-12-31(13-4-1)42-36-17-7-8-18-37(36)43(32-14-5-2-6-15-32)40-28-33(26-27-38(40)42)29-22-24-30(25-23-29)34-19-11-20-39-35-16-9-10-21-41(35)45-44(34)39/h1-28H. The van der Waals surface area contributed by atoms with Crippen LogP contribution < -0.4 is 0 Å². The second-order valence-corrected chi connectivity index (χ2v) is 11.6. The fourth-order valence-corrected chi connectivity index (χ4v) is 7.01. The van der Waals surface area contributed by atoms with Crippen LogP contribution in [0.5, 0.6) is 0 Å². The van der Waals surface area contributed by atoms with Gasteiger partial charge in [-0.1, -0.05) is 158 Å². The first kappa shape index (κ1) is 25.6. The summed E-state index contributed by atoms with van der Waals surface area (Å²) in [6.07, 6.45) is 0. The fourth-order valence-electron chi connectivity index (χ4n) is 7.01. The molecule has 0 N–H and O–H groups in total. The normalized spacial score (nSPS) is 11.6. The minimum Gasteiger partial charge on any atom is -0.455 e. The Morgan fingerprint density at radius 2 is 0.800 bits per heavy atom. The highest BCUT2D eigenvalue weighted by Gasteiger charge is 2.17. The Bertz CT molecular complexity index is 2500. The van der Waals surface area contributed by atoms with E-state index in [2.05, 4.69) is 158 Å². The first-order chi connectivity index (χ1) is 22.3. The van der Waals surface area contributed by atoms with E-state index in [9.17, 15) is 0 Å². The van der Waals surface area contributed by atoms with Crippen LogP contribution in [0.25, 0.3) is 88.0 Å². The summed E-state index contributed by atoms with van der Waals surface area (Å²) in [6, 6.07) is 61.0. The average molecular weight is 573 g/mol. The van der Waals surface area contributed by atoms with Crippen molar-refractivity contribution in [1.29, 1.82) is 0 Å². The molecule has 0 saturated heterocycles. The van der Waals surface area contributed by atoms with Crippen molar-refractivity contribution in [1.82, 2.24) is 0 Å². The van der Waals surface area contributed by atoms with Crippen LogP contribution in [0.15, 0.2) is 174 Å². The predicted octanol–water partition coefficient (Wildman–Crippen LogP) is 12.6. The van der Waals surface area contributed by atoms with Crippen LogP contribution in [-0.2, 0) is 0 Å². The average Bonchev–Trinajstić information content (AvgIpc) is 3.50. The van der Waals surface area contributed by atoms with E-state index in [1.165, 1.54) is 54.9 Å². The van der Waals surface area contributed by atoms with Crippen molar-refractivity contribution in [2.24, 2.45) is 0 Å². The highest BCUT2D eigenvalue weighted by Crippen LogP contribution is 2.45. The quantitative estimate of drug-likeness (QED) is 0.191. The Hall–Kier alpha value is -5.92. The Kier molecular flexibility index (Phi) is 5.89. The summed E-state index contributed by atoms with van der Waals surface area (Å²) in [5.41, 5.74) is 11.5. The molecule has 0 radical (unpaired) electrons. The number of benzene rings is 8. The molecule has 1 nitrogen and oxygen atoms in total. The maximum Gasteiger partial charge on any atom is 0.143 e. The summed E-state index contributed by atoms with van der Waals surface area (Å²) < 4.78 is 6.34. The van der Waals surface area contributed by atoms with E-state index >= 15 is 0 Å². The van der Waals surface area contributed by atoms with Crippen LogP contribution in [0.1, 0.15) is 0 Å². The van der Waals surface area contributed by atoms with Crippen molar-refractivity contribution in [3.63, 3.8) is 0 Å². The van der Waals surface area contributed by atoms with Crippen LogP contribution in [0, 0.1) is 0 Å². The third-order valence-corrected chi connectivity index (χ3v) is 9.08. The van der Waals surface area contributed by atoms with E-state index in [4.69, 9.17) is 4.42 Å². The van der Waals surface area contributed by atoms with Crippen molar-refractivity contribution in [3.8, 4) is 44.5 Å². The highest BCUT2D eigenvalue weighted by atomic mass is 16.3. The zero-order chi connectivity index (χ0) is 29.7. The molecule has 0 saturated carbocycles. The lowest BCUT2D eigenvalue weighted by Gasteiger charge is -2.18. The van der Waals surface area contributed by atoms with Crippen LogP contribution in [0.2, 0.25) is 0 Å². The molecule has 0 amide bonds. The van der Waals surface area contributed by atoms with Gasteiger partial charge in [0.2, 0.25) is 0 Å². The molecular weight excluding hydrogens is 544 g/mol. The fraction of sp³-hybridized carbons (Fsp3) is 0. The molecule has 0 atom stereocenters. The molecule has 0 fully saturated rings. The molecule has 9 rings (SSSR count). The van der Waals surface area contributed by atoms with Crippen LogP contribution in [0.4, 0.5) is 0 Å². The van der Waals surface area contributed by atoms with Crippen molar-refractivity contribution in [2.75, 3.05) is 0 Å². The van der Waals surface area contributed by atoms with Crippen LogP contribution in [0.3, 0.4) is 0 Å². The van der Waals surface area contributed by atoms with E-state index in [1.54, 1.807) is 0 Å². The number of furan rings is 1. The second-order valence-electron chi connectivity index (χ2n) is 11.6. The minimum absolute atomic E-state index is 0.921. The van der Waals surface area contributed by atoms with E-state index in [0.29, 0.717) is 0 Å². The molecule has 1 heteroatoms. The summed E-state index contributed by atoms with van der Waals surface area (Å²) in [5.74, 6) is 0. The first-order valence-electron chi connectivity index (χ1n) is 15.4. The van der Waals surface area contributed by atoms with E-state index < -0.39 is 0 Å². The van der Waals surface area contributed by atoms with Gasteiger partial charge in [-0.05, 0) is 72.6 Å². The Labute approximate surface area is 261 Å². The molecule has 0 spiro atoms. The molecule has 0 aliphatic carbocycles. The maximum atomic E-state index is 6.34. The minimum atomic E-state index is 0.921. The van der Waals surface area contributed by atoms with Crippen molar-refractivity contribution < 1.29 is 4.42 Å². The molecular formula is C44H28O. The Morgan fingerprint density at radius 1 is 0.289 bits per heavy atom. The number of fused-ring (bicyclic) bond motifs is 5. The third-order valence-electron chi connectivity index (χ3n) is 9.08. The summed E-state index contributed by atoms with van der Waals surface area (Å²) in [5, 5.41) is 7.35. The number of rotatable bonds is 4. The number of hydrogen-bond acceptors (Lipinski definition) is 1. The topological polar surface area (TPSA) is 13.1 Å². The van der Waals surface area contributed by atoms with E-state index in [0.717, 1.165) is 33.1 Å². The molecule has 8 aromatic carbocycles. The van der Waals surface area contributed by atoms with Gasteiger partial charge in [-0.3, -0.25) is 0 Å². The first-order valence-corrected chi connectivity index (χ1v) is 15.4. The lowest BCUT2D eigenvalue weighted by atomic mass is 9.85. The van der Waals surface area contributed by atoms with Crippen LogP contribution in [-0.4, -0.2) is 0 Å². The van der Waals surface area contributed by atoms with Gasteiger partial charge in [-0.25, -0.2) is 0 Å². The second kappa shape index (κ2) is 10.4. The van der Waals surface area contributed by atoms with E-state index in [1.807, 2.05) is 12.1 Å². The summed E-state index contributed by atoms with van der Waals surface area (Å²) in [6.45, 7) is 0. The molecule has 1 heterocycles. The summed E-state index contributed by atoms with van der Waals surface area (Å²) in [4.78, 5) is 0. The van der Waals surface area contributed by atoms with Gasteiger partial charge in [0.15, 0.2) is 0 Å². The monoisotopic (exact) mass is 572 g/mol. The van der Waals surface area contributed by atoms with Gasteiger partial charge in [-0.2, -0.15) is 0 Å². The van der Waals surface area contributed by atoms with Crippen molar-refractivity contribution in [2.45, 2.75) is 0 Å². The highest BCUT2D eigenvalue weighted by molar-refractivity contribution is 6.22. The third kappa shape index (κ3) is 4.17. The molecule has 0 aliphatic rings. The maximum absolute atomic E-state index is 6.34.